The van der Waals surface area contributed by atoms with Crippen molar-refractivity contribution in [3.8, 4) is 0 Å². The molecule has 0 aliphatic rings. The van der Waals surface area contributed by atoms with Crippen molar-refractivity contribution in [3.05, 3.63) is 0 Å². The topological polar surface area (TPSA) is 0 Å². The van der Waals surface area contributed by atoms with Gasteiger partial charge in [0, 0.05) is 5.33 Å². The lowest BCUT2D eigenvalue weighted by atomic mass is 9.84. The van der Waals surface area contributed by atoms with Crippen molar-refractivity contribution in [1.82, 2.24) is 0 Å². The molecule has 0 amide bonds. The molecule has 0 aliphatic carbocycles. The Morgan fingerprint density at radius 1 is 1.00 bits per heavy atom. The van der Waals surface area contributed by atoms with Crippen molar-refractivity contribution < 1.29 is 0 Å². The summed E-state index contributed by atoms with van der Waals surface area (Å²) in [6.45, 7) is 7.04. The molecule has 0 spiro atoms. The van der Waals surface area contributed by atoms with Crippen molar-refractivity contribution in [2.75, 3.05) is 5.33 Å². The maximum atomic E-state index is 3.45. The molecule has 0 aromatic rings. The minimum Gasteiger partial charge on any atom is -0.0928 e. The maximum absolute atomic E-state index is 3.45. The van der Waals surface area contributed by atoms with Crippen molar-refractivity contribution in [2.45, 2.75) is 59.3 Å². The van der Waals surface area contributed by atoms with E-state index in [9.17, 15) is 0 Å². The number of alkyl halides is 1. The molecule has 0 saturated carbocycles. The van der Waals surface area contributed by atoms with Crippen LogP contribution < -0.4 is 0 Å². The Labute approximate surface area is 86.3 Å². The van der Waals surface area contributed by atoms with E-state index >= 15 is 0 Å². The zero-order chi connectivity index (χ0) is 9.45. The quantitative estimate of drug-likeness (QED) is 0.440. The molecule has 0 aromatic carbocycles. The fourth-order valence-corrected chi connectivity index (χ4v) is 1.62. The van der Waals surface area contributed by atoms with Gasteiger partial charge in [-0.15, -0.1) is 0 Å². The first-order valence-corrected chi connectivity index (χ1v) is 6.30. The zero-order valence-corrected chi connectivity index (χ0v) is 10.4. The molecule has 0 aliphatic heterocycles. The number of hydrogen-bond donors (Lipinski definition) is 0. The Bertz CT molecular complexity index is 97.2. The maximum Gasteiger partial charge on any atom is 0.00313 e. The average Bonchev–Trinajstić information content (AvgIpc) is 2.04. The van der Waals surface area contributed by atoms with Gasteiger partial charge in [-0.1, -0.05) is 62.4 Å². The Balaban J connectivity index is 3.19. The lowest BCUT2D eigenvalue weighted by molar-refractivity contribution is 0.308. The first-order valence-electron chi connectivity index (χ1n) is 5.18. The van der Waals surface area contributed by atoms with Crippen molar-refractivity contribution in [2.24, 2.45) is 5.41 Å². The van der Waals surface area contributed by atoms with Crippen LogP contribution in [-0.2, 0) is 0 Å². The highest BCUT2D eigenvalue weighted by atomic mass is 79.9. The molecule has 0 saturated heterocycles. The second-order valence-electron chi connectivity index (χ2n) is 4.37. The van der Waals surface area contributed by atoms with Crippen LogP contribution in [0.25, 0.3) is 0 Å². The Hall–Kier alpha value is 0.480. The van der Waals surface area contributed by atoms with Gasteiger partial charge >= 0.3 is 0 Å². The predicted octanol–water partition coefficient (Wildman–Crippen LogP) is 4.77. The molecule has 0 nitrogen and oxygen atoms in total. The van der Waals surface area contributed by atoms with E-state index in [1.165, 1.54) is 43.9 Å². The molecule has 1 heteroatoms. The lowest BCUT2D eigenvalue weighted by Crippen LogP contribution is -2.08. The van der Waals surface area contributed by atoms with Crippen molar-refractivity contribution in [1.29, 1.82) is 0 Å². The Morgan fingerprint density at radius 3 is 2.08 bits per heavy atom. The number of unbranched alkanes of at least 4 members (excludes halogenated alkanes) is 3. The third-order valence-corrected chi connectivity index (χ3v) is 3.26. The van der Waals surface area contributed by atoms with Gasteiger partial charge in [-0.3, -0.25) is 0 Å². The van der Waals surface area contributed by atoms with E-state index in [4.69, 9.17) is 0 Å². The van der Waals surface area contributed by atoms with Gasteiger partial charge in [-0.25, -0.2) is 0 Å². The van der Waals surface area contributed by atoms with Gasteiger partial charge < -0.3 is 0 Å². The first-order chi connectivity index (χ1) is 5.62. The lowest BCUT2D eigenvalue weighted by Gasteiger charge is -2.22. The Kier molecular flexibility index (Phi) is 7.22. The normalized spacial score (nSPS) is 12.0. The van der Waals surface area contributed by atoms with Crippen LogP contribution in [0, 0.1) is 5.41 Å². The molecule has 0 rings (SSSR count). The third-order valence-electron chi connectivity index (χ3n) is 2.69. The zero-order valence-electron chi connectivity index (χ0n) is 8.83. The first kappa shape index (κ1) is 12.5. The monoisotopic (exact) mass is 234 g/mol. The van der Waals surface area contributed by atoms with Gasteiger partial charge in [0.05, 0.1) is 0 Å². The molecule has 0 aromatic heterocycles. The van der Waals surface area contributed by atoms with Gasteiger partial charge in [-0.2, -0.15) is 0 Å². The van der Waals surface area contributed by atoms with Gasteiger partial charge in [0.1, 0.15) is 0 Å². The van der Waals surface area contributed by atoms with Crippen molar-refractivity contribution in [3.63, 3.8) is 0 Å². The van der Waals surface area contributed by atoms with E-state index in [-0.39, 0.29) is 0 Å². The van der Waals surface area contributed by atoms with Crippen LogP contribution in [0.5, 0.6) is 0 Å². The van der Waals surface area contributed by atoms with Gasteiger partial charge in [0.25, 0.3) is 0 Å². The van der Waals surface area contributed by atoms with Gasteiger partial charge in [-0.05, 0) is 18.3 Å². The van der Waals surface area contributed by atoms with Gasteiger partial charge in [0.2, 0.25) is 0 Å². The molecule has 0 fully saturated rings. The molecule has 0 radical (unpaired) electrons. The summed E-state index contributed by atoms with van der Waals surface area (Å²) in [5.74, 6) is 0. The highest BCUT2D eigenvalue weighted by molar-refractivity contribution is 9.09. The van der Waals surface area contributed by atoms with E-state index in [0.717, 1.165) is 0 Å². The molecule has 0 N–H and O–H groups in total. The Morgan fingerprint density at radius 2 is 1.58 bits per heavy atom. The summed E-state index contributed by atoms with van der Waals surface area (Å²) in [5, 5.41) is 1.17. The summed E-state index contributed by atoms with van der Waals surface area (Å²) in [5.41, 5.74) is 0.578. The minimum absolute atomic E-state index is 0.578. The highest BCUT2D eigenvalue weighted by Crippen LogP contribution is 2.27. The highest BCUT2D eigenvalue weighted by Gasteiger charge is 2.13. The SMILES string of the molecule is CCC(C)(C)CCCCCCBr. The molecule has 0 bridgehead atoms. The molecular formula is C11H23Br. The second kappa shape index (κ2) is 6.94. The second-order valence-corrected chi connectivity index (χ2v) is 5.16. The fraction of sp³-hybridized carbons (Fsp3) is 1.00. The predicted molar refractivity (Wildman–Crippen MR) is 61.0 cm³/mol. The summed E-state index contributed by atoms with van der Waals surface area (Å²) in [4.78, 5) is 0. The summed E-state index contributed by atoms with van der Waals surface area (Å²) < 4.78 is 0. The van der Waals surface area contributed by atoms with Crippen LogP contribution in [0.4, 0.5) is 0 Å². The largest absolute Gasteiger partial charge is 0.0928 e. The summed E-state index contributed by atoms with van der Waals surface area (Å²) in [6, 6.07) is 0. The third kappa shape index (κ3) is 7.15. The van der Waals surface area contributed by atoms with E-state index in [1.807, 2.05) is 0 Å². The molecule has 0 heterocycles. The van der Waals surface area contributed by atoms with E-state index in [2.05, 4.69) is 36.7 Å². The smallest absolute Gasteiger partial charge is 0.00313 e. The van der Waals surface area contributed by atoms with Crippen LogP contribution in [0.3, 0.4) is 0 Å². The average molecular weight is 235 g/mol. The number of halogens is 1. The van der Waals surface area contributed by atoms with Crippen molar-refractivity contribution >= 4 is 15.9 Å². The fourth-order valence-electron chi connectivity index (χ4n) is 1.23. The number of rotatable bonds is 7. The van der Waals surface area contributed by atoms with Crippen LogP contribution in [0.2, 0.25) is 0 Å². The summed E-state index contributed by atoms with van der Waals surface area (Å²) in [7, 11) is 0. The van der Waals surface area contributed by atoms with Crippen LogP contribution >= 0.6 is 15.9 Å². The van der Waals surface area contributed by atoms with Crippen LogP contribution in [-0.4, -0.2) is 5.33 Å². The summed E-state index contributed by atoms with van der Waals surface area (Å²) in [6.07, 6.45) is 8.26. The molecule has 0 unspecified atom stereocenters. The minimum atomic E-state index is 0.578. The molecule has 0 atom stereocenters. The molecule has 12 heavy (non-hydrogen) atoms. The van der Waals surface area contributed by atoms with E-state index in [1.54, 1.807) is 0 Å². The molecule has 74 valence electrons. The van der Waals surface area contributed by atoms with Crippen LogP contribution in [0.1, 0.15) is 59.3 Å². The molecular weight excluding hydrogens is 212 g/mol. The van der Waals surface area contributed by atoms with Gasteiger partial charge in [0.15, 0.2) is 0 Å². The summed E-state index contributed by atoms with van der Waals surface area (Å²) >= 11 is 3.45. The van der Waals surface area contributed by atoms with E-state index < -0.39 is 0 Å². The standard InChI is InChI=1S/C11H23Br/c1-4-11(2,3)9-7-5-6-8-10-12/h4-10H2,1-3H3. The van der Waals surface area contributed by atoms with Crippen LogP contribution in [0.15, 0.2) is 0 Å². The van der Waals surface area contributed by atoms with E-state index in [0.29, 0.717) is 5.41 Å². The number of hydrogen-bond acceptors (Lipinski definition) is 0.